The van der Waals surface area contributed by atoms with Crippen LogP contribution >= 0.6 is 0 Å². The van der Waals surface area contributed by atoms with E-state index in [0.717, 1.165) is 22.3 Å². The molecule has 0 spiro atoms. The highest BCUT2D eigenvalue weighted by Crippen LogP contribution is 2.38. The van der Waals surface area contributed by atoms with Crippen molar-refractivity contribution in [2.24, 2.45) is 5.41 Å². The van der Waals surface area contributed by atoms with E-state index in [1.165, 1.54) is 0 Å². The van der Waals surface area contributed by atoms with Crippen LogP contribution in [0.3, 0.4) is 0 Å². The fourth-order valence-electron chi connectivity index (χ4n) is 2.89. The first-order valence-electron chi connectivity index (χ1n) is 9.37. The summed E-state index contributed by atoms with van der Waals surface area (Å²) in [6, 6.07) is 27.3. The van der Waals surface area contributed by atoms with Gasteiger partial charge in [-0.05, 0) is 29.8 Å². The summed E-state index contributed by atoms with van der Waals surface area (Å²) in [6.45, 7) is 5.99. The Hall–Kier alpha value is -3.26. The number of aliphatic hydroxyl groups is 1. The smallest absolute Gasteiger partial charge is 0.156 e. The second-order valence-corrected chi connectivity index (χ2v) is 7.74. The van der Waals surface area contributed by atoms with Crippen LogP contribution in [0.15, 0.2) is 84.9 Å². The summed E-state index contributed by atoms with van der Waals surface area (Å²) in [5.74, 6) is 12.7. The number of rotatable bonds is 1. The molecule has 0 amide bonds. The molecule has 0 radical (unpaired) electrons. The Kier molecular flexibility index (Phi) is 5.70. The maximum Gasteiger partial charge on any atom is 0.156 e. The van der Waals surface area contributed by atoms with Crippen LogP contribution in [0, 0.1) is 29.1 Å². The molecule has 0 bridgehead atoms. The van der Waals surface area contributed by atoms with E-state index in [1.807, 2.05) is 106 Å². The van der Waals surface area contributed by atoms with Crippen molar-refractivity contribution in [3.05, 3.63) is 107 Å². The maximum atomic E-state index is 11.5. The quantitative estimate of drug-likeness (QED) is 0.576. The SMILES string of the molecule is CC(C)(C)C(O)(C#Cc1ccccc1C#Cc1ccccc1)c1ccccc1. The Bertz CT molecular complexity index is 1050. The van der Waals surface area contributed by atoms with E-state index < -0.39 is 11.0 Å². The molecule has 0 aromatic heterocycles. The van der Waals surface area contributed by atoms with Crippen molar-refractivity contribution in [3.63, 3.8) is 0 Å². The molecule has 0 saturated heterocycles. The molecule has 0 aliphatic rings. The molecule has 138 valence electrons. The largest absolute Gasteiger partial charge is 0.373 e. The van der Waals surface area contributed by atoms with Gasteiger partial charge < -0.3 is 5.11 Å². The standard InChI is InChI=1S/C27H24O/c1-26(2,3)27(28,25-16-8-5-9-17-25)21-20-24-15-11-10-14-23(24)19-18-22-12-6-4-7-13-22/h4-17,28H,1-3H3. The Morgan fingerprint density at radius 1 is 0.607 bits per heavy atom. The van der Waals surface area contributed by atoms with E-state index in [-0.39, 0.29) is 0 Å². The van der Waals surface area contributed by atoms with Crippen molar-refractivity contribution >= 4 is 0 Å². The average Bonchev–Trinajstić information content (AvgIpc) is 2.71. The lowest BCUT2D eigenvalue weighted by atomic mass is 9.72. The first-order valence-corrected chi connectivity index (χ1v) is 9.37. The fourth-order valence-corrected chi connectivity index (χ4v) is 2.89. The van der Waals surface area contributed by atoms with Crippen molar-refractivity contribution in [2.75, 3.05) is 0 Å². The fraction of sp³-hybridized carbons (Fsp3) is 0.185. The zero-order valence-electron chi connectivity index (χ0n) is 16.5. The van der Waals surface area contributed by atoms with Crippen molar-refractivity contribution < 1.29 is 5.11 Å². The van der Waals surface area contributed by atoms with Gasteiger partial charge in [-0.15, -0.1) is 0 Å². The van der Waals surface area contributed by atoms with E-state index in [4.69, 9.17) is 0 Å². The lowest BCUT2D eigenvalue weighted by Gasteiger charge is -2.36. The van der Waals surface area contributed by atoms with Crippen LogP contribution in [0.4, 0.5) is 0 Å². The molecule has 3 aromatic carbocycles. The summed E-state index contributed by atoms with van der Waals surface area (Å²) in [7, 11) is 0. The third-order valence-corrected chi connectivity index (χ3v) is 4.70. The van der Waals surface area contributed by atoms with Crippen molar-refractivity contribution in [1.82, 2.24) is 0 Å². The van der Waals surface area contributed by atoms with Crippen LogP contribution < -0.4 is 0 Å². The minimum atomic E-state index is -1.27. The molecule has 3 aromatic rings. The molecular formula is C27H24O. The Morgan fingerprint density at radius 3 is 1.68 bits per heavy atom. The molecule has 3 rings (SSSR count). The van der Waals surface area contributed by atoms with Crippen LogP contribution in [-0.4, -0.2) is 5.11 Å². The first kappa shape index (κ1) is 19.5. The van der Waals surface area contributed by atoms with Gasteiger partial charge in [-0.3, -0.25) is 0 Å². The van der Waals surface area contributed by atoms with E-state index in [0.29, 0.717) is 0 Å². The molecule has 1 atom stereocenters. The number of hydrogen-bond donors (Lipinski definition) is 1. The van der Waals surface area contributed by atoms with Crippen molar-refractivity contribution in [2.45, 2.75) is 26.4 Å². The maximum absolute atomic E-state index is 11.5. The predicted molar refractivity (Wildman–Crippen MR) is 116 cm³/mol. The van der Waals surface area contributed by atoms with E-state index in [2.05, 4.69) is 23.7 Å². The van der Waals surface area contributed by atoms with Crippen LogP contribution in [0.5, 0.6) is 0 Å². The monoisotopic (exact) mass is 364 g/mol. The Morgan fingerprint density at radius 2 is 1.11 bits per heavy atom. The van der Waals surface area contributed by atoms with E-state index in [9.17, 15) is 5.11 Å². The lowest BCUT2D eigenvalue weighted by molar-refractivity contribution is -0.00900. The zero-order valence-corrected chi connectivity index (χ0v) is 16.5. The average molecular weight is 364 g/mol. The molecule has 1 heteroatoms. The lowest BCUT2D eigenvalue weighted by Crippen LogP contribution is -2.38. The minimum absolute atomic E-state index is 0.452. The van der Waals surface area contributed by atoms with Gasteiger partial charge in [0.1, 0.15) is 0 Å². The van der Waals surface area contributed by atoms with Gasteiger partial charge in [0.2, 0.25) is 0 Å². The molecule has 1 nitrogen and oxygen atoms in total. The third kappa shape index (κ3) is 4.34. The van der Waals surface area contributed by atoms with Crippen molar-refractivity contribution in [1.29, 1.82) is 0 Å². The summed E-state index contributed by atoms with van der Waals surface area (Å²) < 4.78 is 0. The minimum Gasteiger partial charge on any atom is -0.373 e. The molecule has 0 aliphatic carbocycles. The summed E-state index contributed by atoms with van der Waals surface area (Å²) in [5, 5.41) is 11.5. The van der Waals surface area contributed by atoms with Crippen LogP contribution in [-0.2, 0) is 5.60 Å². The van der Waals surface area contributed by atoms with E-state index in [1.54, 1.807) is 0 Å². The highest BCUT2D eigenvalue weighted by atomic mass is 16.3. The second-order valence-electron chi connectivity index (χ2n) is 7.74. The highest BCUT2D eigenvalue weighted by Gasteiger charge is 2.40. The Balaban J connectivity index is 2.03. The molecule has 0 saturated carbocycles. The summed E-state index contributed by atoms with van der Waals surface area (Å²) in [5.41, 5.74) is 1.69. The zero-order chi connectivity index (χ0) is 20.0. The predicted octanol–water partition coefficient (Wildman–Crippen LogP) is 5.37. The van der Waals surface area contributed by atoms with Crippen LogP contribution in [0.1, 0.15) is 43.0 Å². The molecule has 28 heavy (non-hydrogen) atoms. The van der Waals surface area contributed by atoms with E-state index >= 15 is 0 Å². The van der Waals surface area contributed by atoms with Gasteiger partial charge in [0.05, 0.1) is 0 Å². The van der Waals surface area contributed by atoms with Gasteiger partial charge in [-0.2, -0.15) is 0 Å². The van der Waals surface area contributed by atoms with Gasteiger partial charge in [-0.1, -0.05) is 105 Å². The van der Waals surface area contributed by atoms with Crippen LogP contribution in [0.2, 0.25) is 0 Å². The van der Waals surface area contributed by atoms with Crippen molar-refractivity contribution in [3.8, 4) is 23.7 Å². The molecule has 0 aliphatic heterocycles. The summed E-state index contributed by atoms with van der Waals surface area (Å²) in [6.07, 6.45) is 0. The summed E-state index contributed by atoms with van der Waals surface area (Å²) >= 11 is 0. The van der Waals surface area contributed by atoms with Gasteiger partial charge in [0.25, 0.3) is 0 Å². The van der Waals surface area contributed by atoms with Crippen LogP contribution in [0.25, 0.3) is 0 Å². The normalized spacial score (nSPS) is 12.7. The first-order chi connectivity index (χ1) is 13.4. The summed E-state index contributed by atoms with van der Waals surface area (Å²) in [4.78, 5) is 0. The van der Waals surface area contributed by atoms with Gasteiger partial charge in [-0.25, -0.2) is 0 Å². The number of benzene rings is 3. The highest BCUT2D eigenvalue weighted by molar-refractivity contribution is 5.53. The van der Waals surface area contributed by atoms with Gasteiger partial charge >= 0.3 is 0 Å². The Labute approximate surface area is 168 Å². The number of hydrogen-bond acceptors (Lipinski definition) is 1. The van der Waals surface area contributed by atoms with Gasteiger partial charge in [0.15, 0.2) is 5.60 Å². The van der Waals surface area contributed by atoms with Gasteiger partial charge in [0, 0.05) is 22.1 Å². The topological polar surface area (TPSA) is 20.2 Å². The molecule has 0 heterocycles. The molecule has 1 unspecified atom stereocenters. The molecular weight excluding hydrogens is 340 g/mol. The molecule has 1 N–H and O–H groups in total. The third-order valence-electron chi connectivity index (χ3n) is 4.70. The molecule has 0 fully saturated rings. The second kappa shape index (κ2) is 8.18.